The molecule has 0 heterocycles. The molecule has 1 unspecified atom stereocenters. The van der Waals surface area contributed by atoms with Crippen LogP contribution in [0.15, 0.2) is 54.6 Å². The maximum Gasteiger partial charge on any atom is 0.228 e. The van der Waals surface area contributed by atoms with Crippen molar-refractivity contribution in [1.82, 2.24) is 5.32 Å². The number of carbonyl (C=O) groups is 1. The predicted octanol–water partition coefficient (Wildman–Crippen LogP) is 2.23. The normalized spacial score (nSPS) is 11.7. The molecule has 2 aromatic rings. The van der Waals surface area contributed by atoms with E-state index in [-0.39, 0.29) is 18.4 Å². The van der Waals surface area contributed by atoms with Crippen molar-refractivity contribution < 1.29 is 9.53 Å². The Morgan fingerprint density at radius 3 is 2.64 bits per heavy atom. The number of hydrogen-bond donors (Lipinski definition) is 2. The summed E-state index contributed by atoms with van der Waals surface area (Å²) >= 11 is 0. The van der Waals surface area contributed by atoms with Crippen molar-refractivity contribution in [3.05, 3.63) is 65.7 Å². The summed E-state index contributed by atoms with van der Waals surface area (Å²) in [4.78, 5) is 12.2. The molecule has 0 bridgehead atoms. The van der Waals surface area contributed by atoms with E-state index in [1.165, 1.54) is 0 Å². The minimum Gasteiger partial charge on any atom is -0.492 e. The topological polar surface area (TPSA) is 64.3 Å². The van der Waals surface area contributed by atoms with Crippen LogP contribution in [-0.2, 0) is 4.79 Å². The molecule has 116 valence electrons. The van der Waals surface area contributed by atoms with Gasteiger partial charge in [0.2, 0.25) is 5.91 Å². The molecule has 2 rings (SSSR count). The van der Waals surface area contributed by atoms with E-state index in [1.54, 1.807) is 0 Å². The Morgan fingerprint density at radius 1 is 1.18 bits per heavy atom. The van der Waals surface area contributed by atoms with Crippen molar-refractivity contribution in [2.24, 2.45) is 5.73 Å². The Morgan fingerprint density at radius 2 is 1.95 bits per heavy atom. The van der Waals surface area contributed by atoms with Gasteiger partial charge in [-0.3, -0.25) is 4.79 Å². The van der Waals surface area contributed by atoms with Crippen LogP contribution in [0.3, 0.4) is 0 Å². The Bertz CT molecular complexity index is 599. The monoisotopic (exact) mass is 298 g/mol. The summed E-state index contributed by atoms with van der Waals surface area (Å²) in [5.74, 6) is 0.425. The number of ether oxygens (including phenoxy) is 1. The maximum absolute atomic E-state index is 12.2. The van der Waals surface area contributed by atoms with Crippen molar-refractivity contribution in [2.75, 3.05) is 19.7 Å². The highest BCUT2D eigenvalue weighted by atomic mass is 16.5. The fourth-order valence-corrected chi connectivity index (χ4v) is 2.25. The van der Waals surface area contributed by atoms with Crippen molar-refractivity contribution >= 4 is 5.91 Å². The number of aryl methyl sites for hydroxylation is 1. The number of amides is 1. The Labute approximate surface area is 131 Å². The minimum absolute atomic E-state index is 0.0680. The molecule has 0 spiro atoms. The second-order valence-corrected chi connectivity index (χ2v) is 5.15. The molecule has 0 radical (unpaired) electrons. The van der Waals surface area contributed by atoms with Gasteiger partial charge < -0.3 is 15.8 Å². The van der Waals surface area contributed by atoms with E-state index in [9.17, 15) is 4.79 Å². The second-order valence-electron chi connectivity index (χ2n) is 5.15. The Balaban J connectivity index is 1.79. The van der Waals surface area contributed by atoms with E-state index in [4.69, 9.17) is 10.5 Å². The molecule has 0 aliphatic heterocycles. The van der Waals surface area contributed by atoms with Crippen LogP contribution >= 0.6 is 0 Å². The van der Waals surface area contributed by atoms with Gasteiger partial charge in [-0.15, -0.1) is 0 Å². The maximum atomic E-state index is 12.2. The lowest BCUT2D eigenvalue weighted by atomic mass is 9.98. The molecule has 22 heavy (non-hydrogen) atoms. The molecule has 0 saturated carbocycles. The highest BCUT2D eigenvalue weighted by molar-refractivity contribution is 5.83. The van der Waals surface area contributed by atoms with Crippen LogP contribution in [0.4, 0.5) is 0 Å². The van der Waals surface area contributed by atoms with Crippen molar-refractivity contribution in [3.63, 3.8) is 0 Å². The van der Waals surface area contributed by atoms with E-state index < -0.39 is 0 Å². The van der Waals surface area contributed by atoms with Crippen molar-refractivity contribution in [2.45, 2.75) is 12.8 Å². The molecule has 0 fully saturated rings. The summed E-state index contributed by atoms with van der Waals surface area (Å²) in [6.45, 7) is 3.19. The molecule has 0 aromatic heterocycles. The Hall–Kier alpha value is -2.33. The summed E-state index contributed by atoms with van der Waals surface area (Å²) in [6.07, 6.45) is 0. The number of nitrogens with one attached hydrogen (secondary N) is 1. The number of nitrogens with two attached hydrogens (primary N) is 1. The van der Waals surface area contributed by atoms with Gasteiger partial charge in [0.1, 0.15) is 12.4 Å². The lowest BCUT2D eigenvalue weighted by Crippen LogP contribution is -2.35. The number of benzene rings is 2. The van der Waals surface area contributed by atoms with Crippen molar-refractivity contribution in [1.29, 1.82) is 0 Å². The van der Waals surface area contributed by atoms with Crippen LogP contribution in [-0.4, -0.2) is 25.6 Å². The third kappa shape index (κ3) is 4.60. The summed E-state index contributed by atoms with van der Waals surface area (Å²) in [5.41, 5.74) is 7.81. The molecule has 0 aliphatic carbocycles. The molecular formula is C18H22N2O2. The fourth-order valence-electron chi connectivity index (χ4n) is 2.25. The smallest absolute Gasteiger partial charge is 0.228 e. The van der Waals surface area contributed by atoms with Gasteiger partial charge in [-0.05, 0) is 30.2 Å². The van der Waals surface area contributed by atoms with Crippen LogP contribution in [0.1, 0.15) is 17.0 Å². The molecule has 3 N–H and O–H groups in total. The van der Waals surface area contributed by atoms with E-state index in [2.05, 4.69) is 5.32 Å². The molecule has 4 heteroatoms. The zero-order valence-corrected chi connectivity index (χ0v) is 12.8. The molecule has 1 amide bonds. The van der Waals surface area contributed by atoms with Gasteiger partial charge in [0.05, 0.1) is 12.5 Å². The van der Waals surface area contributed by atoms with E-state index in [0.29, 0.717) is 13.2 Å². The largest absolute Gasteiger partial charge is 0.492 e. The van der Waals surface area contributed by atoms with Crippen molar-refractivity contribution in [3.8, 4) is 5.75 Å². The van der Waals surface area contributed by atoms with E-state index in [0.717, 1.165) is 16.9 Å². The van der Waals surface area contributed by atoms with Gasteiger partial charge in [-0.1, -0.05) is 42.5 Å². The van der Waals surface area contributed by atoms with Gasteiger partial charge >= 0.3 is 0 Å². The van der Waals surface area contributed by atoms with Crippen LogP contribution in [0, 0.1) is 6.92 Å². The first-order valence-corrected chi connectivity index (χ1v) is 7.43. The summed E-state index contributed by atoms with van der Waals surface area (Å²) in [5, 5.41) is 2.87. The standard InChI is InChI=1S/C18H22N2O2/c1-14-6-5-9-16(12-14)22-11-10-20-18(21)17(13-19)15-7-3-2-4-8-15/h2-9,12,17H,10-11,13,19H2,1H3,(H,20,21). The average molecular weight is 298 g/mol. The zero-order valence-electron chi connectivity index (χ0n) is 12.8. The first-order chi connectivity index (χ1) is 10.7. The van der Waals surface area contributed by atoms with Gasteiger partial charge in [-0.2, -0.15) is 0 Å². The molecule has 4 nitrogen and oxygen atoms in total. The van der Waals surface area contributed by atoms with E-state index >= 15 is 0 Å². The third-order valence-corrected chi connectivity index (χ3v) is 3.41. The average Bonchev–Trinajstić information content (AvgIpc) is 2.53. The molecule has 2 aromatic carbocycles. The van der Waals surface area contributed by atoms with Crippen LogP contribution in [0.5, 0.6) is 5.75 Å². The fraction of sp³-hybridized carbons (Fsp3) is 0.278. The first kappa shape index (κ1) is 16.0. The number of rotatable bonds is 7. The van der Waals surface area contributed by atoms with Gasteiger partial charge in [0.15, 0.2) is 0 Å². The number of carbonyl (C=O) groups excluding carboxylic acids is 1. The summed E-state index contributed by atoms with van der Waals surface area (Å²) in [6, 6.07) is 17.4. The van der Waals surface area contributed by atoms with E-state index in [1.807, 2.05) is 61.5 Å². The molecule has 1 atom stereocenters. The minimum atomic E-state index is -0.319. The van der Waals surface area contributed by atoms with Gasteiger partial charge in [-0.25, -0.2) is 0 Å². The third-order valence-electron chi connectivity index (χ3n) is 3.41. The summed E-state index contributed by atoms with van der Waals surface area (Å²) in [7, 11) is 0. The predicted molar refractivity (Wildman–Crippen MR) is 87.9 cm³/mol. The zero-order chi connectivity index (χ0) is 15.8. The van der Waals surface area contributed by atoms with Gasteiger partial charge in [0, 0.05) is 6.54 Å². The SMILES string of the molecule is Cc1cccc(OCCNC(=O)C(CN)c2ccccc2)c1. The Kier molecular flexibility index (Phi) is 5.98. The summed E-state index contributed by atoms with van der Waals surface area (Å²) < 4.78 is 5.61. The highest BCUT2D eigenvalue weighted by Crippen LogP contribution is 2.14. The van der Waals surface area contributed by atoms with Crippen LogP contribution < -0.4 is 15.8 Å². The van der Waals surface area contributed by atoms with Gasteiger partial charge in [0.25, 0.3) is 0 Å². The van der Waals surface area contributed by atoms with Crippen LogP contribution in [0.25, 0.3) is 0 Å². The molecular weight excluding hydrogens is 276 g/mol. The number of hydrogen-bond acceptors (Lipinski definition) is 3. The lowest BCUT2D eigenvalue weighted by Gasteiger charge is -2.15. The van der Waals surface area contributed by atoms with Crippen LogP contribution in [0.2, 0.25) is 0 Å². The molecule has 0 aliphatic rings. The highest BCUT2D eigenvalue weighted by Gasteiger charge is 2.17. The lowest BCUT2D eigenvalue weighted by molar-refractivity contribution is -0.122. The first-order valence-electron chi connectivity index (χ1n) is 7.43. The second kappa shape index (κ2) is 8.20. The molecule has 0 saturated heterocycles. The quantitative estimate of drug-likeness (QED) is 0.770.